The van der Waals surface area contributed by atoms with Crippen molar-refractivity contribution in [2.75, 3.05) is 10.2 Å². The second-order valence-electron chi connectivity index (χ2n) is 4.54. The van der Waals surface area contributed by atoms with Crippen molar-refractivity contribution < 1.29 is 9.53 Å². The van der Waals surface area contributed by atoms with Crippen LogP contribution in [0.2, 0.25) is 0 Å². The van der Waals surface area contributed by atoms with E-state index >= 15 is 0 Å². The molecule has 1 heterocycles. The molecule has 0 unspecified atom stereocenters. The Kier molecular flexibility index (Phi) is 3.13. The lowest BCUT2D eigenvalue weighted by Gasteiger charge is -2.24. The van der Waals surface area contributed by atoms with E-state index in [1.807, 2.05) is 55.5 Å². The molecule has 0 bridgehead atoms. The predicted molar refractivity (Wildman–Crippen MR) is 78.9 cm³/mol. The number of anilines is 2. The van der Waals surface area contributed by atoms with Crippen molar-refractivity contribution in [3.63, 3.8) is 0 Å². The standard InChI is InChI=1S/C16H14N2O2/c1-12-5-4-6-13(11-12)17-16(19)18-9-10-20-15-8-3-2-7-14(15)18/h2-11H,1H3,(H,17,19). The SMILES string of the molecule is Cc1cccc(NC(=O)N2C=COc3ccccc32)c1. The minimum atomic E-state index is -0.220. The zero-order valence-corrected chi connectivity index (χ0v) is 11.0. The highest BCUT2D eigenvalue weighted by Gasteiger charge is 2.20. The minimum absolute atomic E-state index is 0.220. The first-order chi connectivity index (χ1) is 9.74. The summed E-state index contributed by atoms with van der Waals surface area (Å²) in [7, 11) is 0. The molecule has 1 N–H and O–H groups in total. The van der Waals surface area contributed by atoms with Gasteiger partial charge in [-0.3, -0.25) is 4.90 Å². The molecule has 0 saturated carbocycles. The van der Waals surface area contributed by atoms with Gasteiger partial charge in [0.15, 0.2) is 5.75 Å². The van der Waals surface area contributed by atoms with E-state index in [4.69, 9.17) is 4.74 Å². The summed E-state index contributed by atoms with van der Waals surface area (Å²) in [5, 5.41) is 2.87. The molecule has 0 saturated heterocycles. The van der Waals surface area contributed by atoms with Crippen molar-refractivity contribution in [2.45, 2.75) is 6.92 Å². The second-order valence-corrected chi connectivity index (χ2v) is 4.54. The van der Waals surface area contributed by atoms with Gasteiger partial charge in [0.1, 0.15) is 6.26 Å². The van der Waals surface area contributed by atoms with E-state index in [0.717, 1.165) is 16.9 Å². The van der Waals surface area contributed by atoms with Crippen LogP contribution >= 0.6 is 0 Å². The average molecular weight is 266 g/mol. The summed E-state index contributed by atoms with van der Waals surface area (Å²) in [6.07, 6.45) is 3.10. The van der Waals surface area contributed by atoms with Gasteiger partial charge in [0, 0.05) is 11.9 Å². The van der Waals surface area contributed by atoms with E-state index in [1.165, 1.54) is 11.2 Å². The van der Waals surface area contributed by atoms with Gasteiger partial charge in [0.25, 0.3) is 0 Å². The van der Waals surface area contributed by atoms with E-state index in [9.17, 15) is 4.79 Å². The Balaban J connectivity index is 1.84. The van der Waals surface area contributed by atoms with Crippen molar-refractivity contribution in [2.24, 2.45) is 0 Å². The lowest BCUT2D eigenvalue weighted by atomic mass is 10.2. The van der Waals surface area contributed by atoms with E-state index in [-0.39, 0.29) is 6.03 Å². The van der Waals surface area contributed by atoms with E-state index in [0.29, 0.717) is 5.75 Å². The van der Waals surface area contributed by atoms with E-state index in [1.54, 1.807) is 6.20 Å². The molecule has 1 aliphatic heterocycles. The summed E-state index contributed by atoms with van der Waals surface area (Å²) in [5.41, 5.74) is 2.59. The van der Waals surface area contributed by atoms with Crippen LogP contribution in [0.1, 0.15) is 5.56 Å². The van der Waals surface area contributed by atoms with Gasteiger partial charge in [-0.1, -0.05) is 24.3 Å². The molecule has 2 amide bonds. The highest BCUT2D eigenvalue weighted by molar-refractivity contribution is 6.04. The van der Waals surface area contributed by atoms with Crippen LogP contribution in [-0.2, 0) is 0 Å². The molecule has 3 rings (SSSR count). The lowest BCUT2D eigenvalue weighted by Crippen LogP contribution is -2.32. The number of carbonyl (C=O) groups is 1. The fourth-order valence-corrected chi connectivity index (χ4v) is 2.08. The van der Waals surface area contributed by atoms with E-state index < -0.39 is 0 Å². The van der Waals surface area contributed by atoms with Crippen LogP contribution in [0.5, 0.6) is 5.75 Å². The maximum Gasteiger partial charge on any atom is 0.330 e. The first kappa shape index (κ1) is 12.3. The molecular formula is C16H14N2O2. The fraction of sp³-hybridized carbons (Fsp3) is 0.0625. The number of hydrogen-bond donors (Lipinski definition) is 1. The van der Waals surface area contributed by atoms with Crippen LogP contribution in [0.15, 0.2) is 61.0 Å². The number of rotatable bonds is 1. The number of carbonyl (C=O) groups excluding carboxylic acids is 1. The number of benzene rings is 2. The average Bonchev–Trinajstić information content (AvgIpc) is 2.46. The molecule has 2 aromatic carbocycles. The normalized spacial score (nSPS) is 12.6. The molecule has 0 atom stereocenters. The first-order valence-corrected chi connectivity index (χ1v) is 6.33. The largest absolute Gasteiger partial charge is 0.461 e. The number of nitrogens with zero attached hydrogens (tertiary/aromatic N) is 1. The summed E-state index contributed by atoms with van der Waals surface area (Å²) >= 11 is 0. The Bertz CT molecular complexity index is 680. The molecule has 20 heavy (non-hydrogen) atoms. The topological polar surface area (TPSA) is 41.6 Å². The Morgan fingerprint density at radius 1 is 1.15 bits per heavy atom. The molecule has 0 aromatic heterocycles. The Morgan fingerprint density at radius 2 is 2.00 bits per heavy atom. The van der Waals surface area contributed by atoms with Crippen LogP contribution in [0.25, 0.3) is 0 Å². The number of urea groups is 1. The number of fused-ring (bicyclic) bond motifs is 1. The maximum atomic E-state index is 12.3. The van der Waals surface area contributed by atoms with Crippen LogP contribution in [-0.4, -0.2) is 6.03 Å². The second kappa shape index (κ2) is 5.09. The third kappa shape index (κ3) is 2.36. The number of amides is 2. The molecule has 0 spiro atoms. The lowest BCUT2D eigenvalue weighted by molar-refractivity contribution is 0.258. The van der Waals surface area contributed by atoms with Crippen LogP contribution in [0.3, 0.4) is 0 Å². The molecular weight excluding hydrogens is 252 g/mol. The molecule has 0 radical (unpaired) electrons. The van der Waals surface area contributed by atoms with Gasteiger partial charge in [-0.15, -0.1) is 0 Å². The van der Waals surface area contributed by atoms with Gasteiger partial charge in [0.2, 0.25) is 0 Å². The molecule has 0 aliphatic carbocycles. The number of hydrogen-bond acceptors (Lipinski definition) is 2. The van der Waals surface area contributed by atoms with Gasteiger partial charge >= 0.3 is 6.03 Å². The molecule has 4 heteroatoms. The van der Waals surface area contributed by atoms with Crippen molar-refractivity contribution >= 4 is 17.4 Å². The predicted octanol–water partition coefficient (Wildman–Crippen LogP) is 3.90. The summed E-state index contributed by atoms with van der Waals surface area (Å²) in [6.45, 7) is 1.99. The number of nitrogens with one attached hydrogen (secondary N) is 1. The maximum absolute atomic E-state index is 12.3. The van der Waals surface area contributed by atoms with Crippen molar-refractivity contribution in [1.29, 1.82) is 0 Å². The molecule has 100 valence electrons. The monoisotopic (exact) mass is 266 g/mol. The summed E-state index contributed by atoms with van der Waals surface area (Å²) in [6, 6.07) is 14.9. The molecule has 4 nitrogen and oxygen atoms in total. The summed E-state index contributed by atoms with van der Waals surface area (Å²) < 4.78 is 5.37. The Hall–Kier alpha value is -2.75. The van der Waals surface area contributed by atoms with Crippen LogP contribution in [0.4, 0.5) is 16.2 Å². The van der Waals surface area contributed by atoms with Gasteiger partial charge < -0.3 is 10.1 Å². The van der Waals surface area contributed by atoms with Crippen LogP contribution < -0.4 is 15.0 Å². The van der Waals surface area contributed by atoms with E-state index in [2.05, 4.69) is 5.32 Å². The zero-order chi connectivity index (χ0) is 13.9. The highest BCUT2D eigenvalue weighted by atomic mass is 16.5. The minimum Gasteiger partial charge on any atom is -0.461 e. The quantitative estimate of drug-likeness (QED) is 0.850. The van der Waals surface area contributed by atoms with Gasteiger partial charge in [-0.05, 0) is 36.8 Å². The number of aryl methyl sites for hydroxylation is 1. The fourth-order valence-electron chi connectivity index (χ4n) is 2.08. The van der Waals surface area contributed by atoms with Gasteiger partial charge in [0.05, 0.1) is 5.69 Å². The van der Waals surface area contributed by atoms with Crippen LogP contribution in [0, 0.1) is 6.92 Å². The summed E-state index contributed by atoms with van der Waals surface area (Å²) in [4.78, 5) is 13.9. The van der Waals surface area contributed by atoms with Gasteiger partial charge in [-0.2, -0.15) is 0 Å². The smallest absolute Gasteiger partial charge is 0.330 e. The highest BCUT2D eigenvalue weighted by Crippen LogP contribution is 2.31. The first-order valence-electron chi connectivity index (χ1n) is 6.33. The van der Waals surface area contributed by atoms with Crippen molar-refractivity contribution in [1.82, 2.24) is 0 Å². The van der Waals surface area contributed by atoms with Crippen molar-refractivity contribution in [3.8, 4) is 5.75 Å². The third-order valence-electron chi connectivity index (χ3n) is 3.02. The molecule has 2 aromatic rings. The number of ether oxygens (including phenoxy) is 1. The Morgan fingerprint density at radius 3 is 2.85 bits per heavy atom. The third-order valence-corrected chi connectivity index (χ3v) is 3.02. The zero-order valence-electron chi connectivity index (χ0n) is 11.0. The molecule has 1 aliphatic rings. The van der Waals surface area contributed by atoms with Crippen molar-refractivity contribution in [3.05, 3.63) is 66.6 Å². The summed E-state index contributed by atoms with van der Waals surface area (Å²) in [5.74, 6) is 0.661. The van der Waals surface area contributed by atoms with Gasteiger partial charge in [-0.25, -0.2) is 4.79 Å². The molecule has 0 fully saturated rings. The number of para-hydroxylation sites is 2. The Labute approximate surface area is 117 Å².